The van der Waals surface area contributed by atoms with Crippen LogP contribution in [0.15, 0.2) is 17.1 Å². The number of hydrogen-bond donors (Lipinski definition) is 2. The van der Waals surface area contributed by atoms with E-state index >= 15 is 0 Å². The van der Waals surface area contributed by atoms with E-state index in [0.717, 1.165) is 18.9 Å². The highest BCUT2D eigenvalue weighted by molar-refractivity contribution is 5.48. The molecule has 2 N–H and O–H groups in total. The lowest BCUT2D eigenvalue weighted by atomic mass is 9.88. The molecule has 90 valence electrons. The lowest BCUT2D eigenvalue weighted by molar-refractivity contribution is 0.363. The smallest absolute Gasteiger partial charge is 0.235 e. The van der Waals surface area contributed by atoms with Crippen molar-refractivity contribution < 1.29 is 19.4 Å². The predicted octanol–water partition coefficient (Wildman–Crippen LogP) is 2.34. The van der Waals surface area contributed by atoms with E-state index in [1.165, 1.54) is 12.1 Å². The molecule has 1 aromatic carbocycles. The number of isocyanates is 1. The van der Waals surface area contributed by atoms with E-state index in [1.807, 2.05) is 0 Å². The monoisotopic (exact) mass is 237 g/mol. The molecule has 17 heavy (non-hydrogen) atoms. The molecule has 0 atom stereocenters. The zero-order valence-electron chi connectivity index (χ0n) is 9.11. The third-order valence-corrected chi connectivity index (χ3v) is 3.29. The molecule has 1 aromatic rings. The van der Waals surface area contributed by atoms with Crippen molar-refractivity contribution in [3.05, 3.63) is 23.5 Å². The Labute approximate surface area is 97.4 Å². The van der Waals surface area contributed by atoms with Crippen LogP contribution in [0.1, 0.15) is 31.2 Å². The van der Waals surface area contributed by atoms with Gasteiger partial charge in [-0.1, -0.05) is 12.8 Å². The quantitative estimate of drug-likeness (QED) is 0.612. The number of phenols is 2. The fourth-order valence-corrected chi connectivity index (χ4v) is 2.42. The summed E-state index contributed by atoms with van der Waals surface area (Å²) < 4.78 is 13.4. The summed E-state index contributed by atoms with van der Waals surface area (Å²) >= 11 is 0. The van der Waals surface area contributed by atoms with E-state index in [1.54, 1.807) is 0 Å². The number of aliphatic imine (C=N–C) groups is 1. The number of nitrogens with zero attached hydrogens (tertiary/aromatic N) is 1. The van der Waals surface area contributed by atoms with Gasteiger partial charge in [0.05, 0.1) is 0 Å². The molecule has 1 aliphatic carbocycles. The highest BCUT2D eigenvalue weighted by Gasteiger charge is 2.38. The van der Waals surface area contributed by atoms with E-state index in [4.69, 9.17) is 5.11 Å². The van der Waals surface area contributed by atoms with Crippen LogP contribution in [0.4, 0.5) is 4.39 Å². The van der Waals surface area contributed by atoms with E-state index in [9.17, 15) is 14.3 Å². The minimum absolute atomic E-state index is 0.244. The maximum atomic E-state index is 13.4. The zero-order valence-corrected chi connectivity index (χ0v) is 9.11. The Hall–Kier alpha value is -1.87. The summed E-state index contributed by atoms with van der Waals surface area (Å²) in [4.78, 5) is 14.2. The molecule has 1 fully saturated rings. The number of rotatable bonds is 2. The minimum atomic E-state index is -1.07. The third kappa shape index (κ3) is 1.78. The first-order valence-electron chi connectivity index (χ1n) is 5.41. The van der Waals surface area contributed by atoms with Crippen molar-refractivity contribution in [1.82, 2.24) is 0 Å². The summed E-state index contributed by atoms with van der Waals surface area (Å²) in [5.41, 5.74) is -0.644. The summed E-state index contributed by atoms with van der Waals surface area (Å²) in [6.07, 6.45) is 4.34. The molecule has 2 rings (SSSR count). The average molecular weight is 237 g/mol. The highest BCUT2D eigenvalue weighted by atomic mass is 19.1. The molecule has 0 aromatic heterocycles. The van der Waals surface area contributed by atoms with Crippen LogP contribution in [-0.4, -0.2) is 16.3 Å². The van der Waals surface area contributed by atoms with E-state index in [0.29, 0.717) is 12.8 Å². The Morgan fingerprint density at radius 3 is 2.53 bits per heavy atom. The van der Waals surface area contributed by atoms with Crippen LogP contribution < -0.4 is 0 Å². The Morgan fingerprint density at radius 2 is 1.94 bits per heavy atom. The van der Waals surface area contributed by atoms with Gasteiger partial charge in [0.2, 0.25) is 11.9 Å². The molecule has 0 amide bonds. The van der Waals surface area contributed by atoms with E-state index in [-0.39, 0.29) is 5.56 Å². The number of benzene rings is 1. The molecular weight excluding hydrogens is 225 g/mol. The lowest BCUT2D eigenvalue weighted by Crippen LogP contribution is -2.19. The van der Waals surface area contributed by atoms with Gasteiger partial charge < -0.3 is 10.2 Å². The van der Waals surface area contributed by atoms with E-state index in [2.05, 4.69) is 4.99 Å². The summed E-state index contributed by atoms with van der Waals surface area (Å²) in [6, 6.07) is 2.56. The first kappa shape index (κ1) is 11.6. The fraction of sp³-hybridized carbons (Fsp3) is 0.417. The number of phenolic OH excluding ortho intramolecular Hbond substituents is 2. The Balaban J connectivity index is 2.58. The molecule has 0 aliphatic heterocycles. The normalized spacial score (nSPS) is 17.7. The topological polar surface area (TPSA) is 69.9 Å². The Morgan fingerprint density at radius 1 is 1.29 bits per heavy atom. The van der Waals surface area contributed by atoms with Gasteiger partial charge in [-0.15, -0.1) is 0 Å². The first-order chi connectivity index (χ1) is 8.10. The summed E-state index contributed by atoms with van der Waals surface area (Å²) in [5.74, 6) is -2.32. The van der Waals surface area contributed by atoms with Gasteiger partial charge in [0.1, 0.15) is 5.54 Å². The van der Waals surface area contributed by atoms with Gasteiger partial charge in [0.15, 0.2) is 11.5 Å². The Kier molecular flexibility index (Phi) is 2.86. The number of hydrogen-bond acceptors (Lipinski definition) is 4. The molecule has 4 nitrogen and oxygen atoms in total. The van der Waals surface area contributed by atoms with Crippen LogP contribution in [0, 0.1) is 5.82 Å². The van der Waals surface area contributed by atoms with Gasteiger partial charge in [-0.3, -0.25) is 0 Å². The van der Waals surface area contributed by atoms with Crippen molar-refractivity contribution in [2.24, 2.45) is 4.99 Å². The van der Waals surface area contributed by atoms with Gasteiger partial charge in [0, 0.05) is 5.56 Å². The van der Waals surface area contributed by atoms with Gasteiger partial charge in [-0.25, -0.2) is 4.79 Å². The predicted molar refractivity (Wildman–Crippen MR) is 58.0 cm³/mol. The van der Waals surface area contributed by atoms with Crippen LogP contribution in [0.5, 0.6) is 11.5 Å². The first-order valence-corrected chi connectivity index (χ1v) is 5.41. The molecule has 0 bridgehead atoms. The molecule has 0 unspecified atom stereocenters. The third-order valence-electron chi connectivity index (χ3n) is 3.29. The molecule has 0 saturated heterocycles. The second kappa shape index (κ2) is 4.18. The lowest BCUT2D eigenvalue weighted by Gasteiger charge is -2.23. The summed E-state index contributed by atoms with van der Waals surface area (Å²) in [7, 11) is 0. The number of carbonyl (C=O) groups excluding carboxylic acids is 1. The molecule has 0 heterocycles. The second-order valence-electron chi connectivity index (χ2n) is 4.24. The highest BCUT2D eigenvalue weighted by Crippen LogP contribution is 2.47. The summed E-state index contributed by atoms with van der Waals surface area (Å²) in [6.45, 7) is 0. The standard InChI is InChI=1S/C12H12FNO3/c13-10-9(16)4-3-8(11(10)17)12(14-7-15)5-1-2-6-12/h3-4,16-17H,1-2,5-6H2. The number of aromatic hydroxyl groups is 2. The fourth-order valence-electron chi connectivity index (χ4n) is 2.42. The molecule has 5 heteroatoms. The zero-order chi connectivity index (χ0) is 12.5. The average Bonchev–Trinajstić information content (AvgIpc) is 2.76. The van der Waals surface area contributed by atoms with Crippen molar-refractivity contribution in [3.63, 3.8) is 0 Å². The van der Waals surface area contributed by atoms with Crippen molar-refractivity contribution >= 4 is 6.08 Å². The number of halogens is 1. The SMILES string of the molecule is O=C=NC1(c2ccc(O)c(F)c2O)CCCC1. The molecular formula is C12H12FNO3. The van der Waals surface area contributed by atoms with E-state index < -0.39 is 22.9 Å². The Bertz CT molecular complexity index is 489. The van der Waals surface area contributed by atoms with Crippen molar-refractivity contribution in [2.45, 2.75) is 31.2 Å². The van der Waals surface area contributed by atoms with Gasteiger partial charge in [0.25, 0.3) is 0 Å². The molecule has 1 saturated carbocycles. The minimum Gasteiger partial charge on any atom is -0.505 e. The molecule has 1 aliphatic rings. The maximum absolute atomic E-state index is 13.4. The van der Waals surface area contributed by atoms with Crippen LogP contribution in [0.2, 0.25) is 0 Å². The molecule has 0 radical (unpaired) electrons. The van der Waals surface area contributed by atoms with Crippen LogP contribution >= 0.6 is 0 Å². The van der Waals surface area contributed by atoms with Crippen molar-refractivity contribution in [2.75, 3.05) is 0 Å². The van der Waals surface area contributed by atoms with Crippen molar-refractivity contribution in [1.29, 1.82) is 0 Å². The van der Waals surface area contributed by atoms with Crippen LogP contribution in [0.3, 0.4) is 0 Å². The van der Waals surface area contributed by atoms with Crippen LogP contribution in [-0.2, 0) is 10.3 Å². The summed E-state index contributed by atoms with van der Waals surface area (Å²) in [5, 5.41) is 18.8. The largest absolute Gasteiger partial charge is 0.505 e. The van der Waals surface area contributed by atoms with Crippen molar-refractivity contribution in [3.8, 4) is 11.5 Å². The molecule has 0 spiro atoms. The van der Waals surface area contributed by atoms with Gasteiger partial charge in [-0.05, 0) is 25.0 Å². The maximum Gasteiger partial charge on any atom is 0.235 e. The van der Waals surface area contributed by atoms with Gasteiger partial charge in [-0.2, -0.15) is 9.38 Å². The second-order valence-corrected chi connectivity index (χ2v) is 4.24. The van der Waals surface area contributed by atoms with Gasteiger partial charge >= 0.3 is 0 Å². The van der Waals surface area contributed by atoms with Crippen LogP contribution in [0.25, 0.3) is 0 Å².